The predicted octanol–water partition coefficient (Wildman–Crippen LogP) is 1.28. The number of amides is 1. The molecule has 0 radical (unpaired) electrons. The Morgan fingerprint density at radius 1 is 1.46 bits per heavy atom. The monoisotopic (exact) mass is 351 g/mol. The van der Waals surface area contributed by atoms with Gasteiger partial charge in [-0.15, -0.1) is 11.8 Å². The highest BCUT2D eigenvalue weighted by atomic mass is 32.2. The fourth-order valence-electron chi connectivity index (χ4n) is 2.86. The summed E-state index contributed by atoms with van der Waals surface area (Å²) < 4.78 is 0. The minimum Gasteiger partial charge on any atom is -0.481 e. The van der Waals surface area contributed by atoms with Gasteiger partial charge in [0.25, 0.3) is 0 Å². The number of nitrogens with zero attached hydrogens (tertiary/aromatic N) is 2. The summed E-state index contributed by atoms with van der Waals surface area (Å²) in [6.07, 6.45) is 0.265. The molecule has 0 aliphatic carbocycles. The molecular formula is C17H25N3O3S. The highest BCUT2D eigenvalue weighted by Crippen LogP contribution is 2.34. The van der Waals surface area contributed by atoms with Crippen LogP contribution in [0.5, 0.6) is 0 Å². The summed E-state index contributed by atoms with van der Waals surface area (Å²) >= 11 is 1.73. The van der Waals surface area contributed by atoms with Gasteiger partial charge in [0.15, 0.2) is 0 Å². The van der Waals surface area contributed by atoms with Crippen molar-refractivity contribution in [1.82, 2.24) is 4.90 Å². The average molecular weight is 351 g/mol. The number of carboxylic acid groups (broad SMARTS) is 1. The van der Waals surface area contributed by atoms with Gasteiger partial charge in [0.2, 0.25) is 5.91 Å². The van der Waals surface area contributed by atoms with Gasteiger partial charge in [-0.1, -0.05) is 0 Å². The number of hydrogen-bond acceptors (Lipinski definition) is 5. The zero-order valence-corrected chi connectivity index (χ0v) is 15.0. The molecule has 6 nitrogen and oxygen atoms in total. The molecule has 0 saturated heterocycles. The molecule has 1 aliphatic heterocycles. The van der Waals surface area contributed by atoms with E-state index >= 15 is 0 Å². The van der Waals surface area contributed by atoms with Crippen LogP contribution in [0.1, 0.15) is 12.5 Å². The average Bonchev–Trinajstić information content (AvgIpc) is 2.54. The lowest BCUT2D eigenvalue weighted by Crippen LogP contribution is -2.44. The molecule has 1 amide bonds. The van der Waals surface area contributed by atoms with Gasteiger partial charge in [-0.05, 0) is 44.2 Å². The Hall–Kier alpha value is -1.57. The Morgan fingerprint density at radius 2 is 2.21 bits per heavy atom. The molecule has 3 N–H and O–H groups in total. The standard InChI is InChI=1S/C17H25N3O3S/c1-3-20-15-5-4-13(24-9-8-19(2)7-6-18)10-12(15)11-14(16(20)21)17(22)23/h4-5,10,14H,3,6-9,11,18H2,1-2H3,(H,22,23). The first-order valence-corrected chi connectivity index (χ1v) is 9.15. The molecule has 0 bridgehead atoms. The minimum absolute atomic E-state index is 0.265. The highest BCUT2D eigenvalue weighted by Gasteiger charge is 2.36. The first-order valence-electron chi connectivity index (χ1n) is 8.16. The molecule has 1 unspecified atom stereocenters. The van der Waals surface area contributed by atoms with Crippen molar-refractivity contribution in [1.29, 1.82) is 0 Å². The van der Waals surface area contributed by atoms with Crippen LogP contribution < -0.4 is 10.6 Å². The van der Waals surface area contributed by atoms with Crippen LogP contribution >= 0.6 is 11.8 Å². The number of carboxylic acids is 1. The Kier molecular flexibility index (Phi) is 6.65. The molecule has 132 valence electrons. The number of benzene rings is 1. The van der Waals surface area contributed by atoms with Gasteiger partial charge in [0.1, 0.15) is 5.92 Å². The number of likely N-dealkylation sites (N-methyl/N-ethyl adjacent to an activating group) is 1. The van der Waals surface area contributed by atoms with Crippen molar-refractivity contribution >= 4 is 29.3 Å². The number of carbonyl (C=O) groups is 2. The number of carbonyl (C=O) groups excluding carboxylic acids is 1. The molecule has 1 aromatic rings. The van der Waals surface area contributed by atoms with Crippen molar-refractivity contribution in [3.63, 3.8) is 0 Å². The van der Waals surface area contributed by atoms with Crippen molar-refractivity contribution in [2.45, 2.75) is 18.2 Å². The van der Waals surface area contributed by atoms with Gasteiger partial charge in [0, 0.05) is 42.5 Å². The summed E-state index contributed by atoms with van der Waals surface area (Å²) in [4.78, 5) is 28.5. The number of thioether (sulfide) groups is 1. The summed E-state index contributed by atoms with van der Waals surface area (Å²) in [5.74, 6) is -1.41. The zero-order chi connectivity index (χ0) is 17.7. The van der Waals surface area contributed by atoms with Crippen LogP contribution in [0.25, 0.3) is 0 Å². The molecule has 0 saturated carbocycles. The quantitative estimate of drug-likeness (QED) is 0.542. The number of anilines is 1. The van der Waals surface area contributed by atoms with Crippen molar-refractivity contribution in [2.75, 3.05) is 43.9 Å². The third-order valence-electron chi connectivity index (χ3n) is 4.20. The number of hydrogen-bond donors (Lipinski definition) is 2. The van der Waals surface area contributed by atoms with E-state index in [1.807, 2.05) is 32.2 Å². The molecule has 0 aromatic heterocycles. The van der Waals surface area contributed by atoms with E-state index in [4.69, 9.17) is 5.73 Å². The Bertz CT molecular complexity index is 609. The summed E-state index contributed by atoms with van der Waals surface area (Å²) in [6, 6.07) is 5.96. The van der Waals surface area contributed by atoms with Crippen molar-refractivity contribution in [3.8, 4) is 0 Å². The number of nitrogens with two attached hydrogens (primary N) is 1. The normalized spacial score (nSPS) is 17.2. The van der Waals surface area contributed by atoms with Crippen molar-refractivity contribution in [2.24, 2.45) is 11.7 Å². The SMILES string of the molecule is CCN1C(=O)C(C(=O)O)Cc2cc(SCCN(C)CCN)ccc21. The lowest BCUT2D eigenvalue weighted by Gasteiger charge is -2.32. The number of rotatable bonds is 8. The second kappa shape index (κ2) is 8.50. The maximum Gasteiger partial charge on any atom is 0.316 e. The van der Waals surface area contributed by atoms with E-state index in [0.717, 1.165) is 35.0 Å². The maximum absolute atomic E-state index is 12.3. The summed E-state index contributed by atoms with van der Waals surface area (Å²) in [6.45, 7) is 4.81. The van der Waals surface area contributed by atoms with Gasteiger partial charge in [-0.3, -0.25) is 9.59 Å². The van der Waals surface area contributed by atoms with Crippen LogP contribution in [0.2, 0.25) is 0 Å². The Morgan fingerprint density at radius 3 is 2.83 bits per heavy atom. The van der Waals surface area contributed by atoms with E-state index in [1.54, 1.807) is 16.7 Å². The third-order valence-corrected chi connectivity index (χ3v) is 5.17. The summed E-state index contributed by atoms with van der Waals surface area (Å²) in [5, 5.41) is 9.30. The predicted molar refractivity (Wildman–Crippen MR) is 96.6 cm³/mol. The summed E-state index contributed by atoms with van der Waals surface area (Å²) in [7, 11) is 2.04. The lowest BCUT2D eigenvalue weighted by molar-refractivity contribution is -0.146. The van der Waals surface area contributed by atoms with E-state index in [-0.39, 0.29) is 12.3 Å². The van der Waals surface area contributed by atoms with Crippen LogP contribution in [0.3, 0.4) is 0 Å². The fraction of sp³-hybridized carbons (Fsp3) is 0.529. The van der Waals surface area contributed by atoms with Crippen LogP contribution in [-0.4, -0.2) is 60.9 Å². The van der Waals surface area contributed by atoms with Crippen LogP contribution in [0.4, 0.5) is 5.69 Å². The highest BCUT2D eigenvalue weighted by molar-refractivity contribution is 7.99. The Balaban J connectivity index is 2.10. The maximum atomic E-state index is 12.3. The third kappa shape index (κ3) is 4.28. The van der Waals surface area contributed by atoms with Gasteiger partial charge in [-0.25, -0.2) is 0 Å². The van der Waals surface area contributed by atoms with Crippen LogP contribution in [-0.2, 0) is 16.0 Å². The van der Waals surface area contributed by atoms with Crippen LogP contribution in [0.15, 0.2) is 23.1 Å². The van der Waals surface area contributed by atoms with E-state index in [2.05, 4.69) is 4.90 Å². The molecule has 1 atom stereocenters. The van der Waals surface area contributed by atoms with Crippen molar-refractivity contribution in [3.05, 3.63) is 23.8 Å². The molecule has 0 spiro atoms. The molecule has 7 heteroatoms. The van der Waals surface area contributed by atoms with E-state index in [0.29, 0.717) is 13.1 Å². The first kappa shape index (κ1) is 18.8. The molecule has 1 aliphatic rings. The molecule has 1 heterocycles. The molecule has 2 rings (SSSR count). The number of fused-ring (bicyclic) bond motifs is 1. The second-order valence-electron chi connectivity index (χ2n) is 5.91. The van der Waals surface area contributed by atoms with E-state index in [9.17, 15) is 14.7 Å². The van der Waals surface area contributed by atoms with Gasteiger partial charge in [-0.2, -0.15) is 0 Å². The topological polar surface area (TPSA) is 86.9 Å². The molecular weight excluding hydrogens is 326 g/mol. The zero-order valence-electron chi connectivity index (χ0n) is 14.2. The smallest absolute Gasteiger partial charge is 0.316 e. The van der Waals surface area contributed by atoms with E-state index < -0.39 is 11.9 Å². The fourth-order valence-corrected chi connectivity index (χ4v) is 3.89. The second-order valence-corrected chi connectivity index (χ2v) is 7.08. The largest absolute Gasteiger partial charge is 0.481 e. The van der Waals surface area contributed by atoms with Gasteiger partial charge < -0.3 is 20.6 Å². The number of aliphatic carboxylic acids is 1. The Labute approximate surface area is 147 Å². The molecule has 24 heavy (non-hydrogen) atoms. The van der Waals surface area contributed by atoms with Crippen molar-refractivity contribution < 1.29 is 14.7 Å². The first-order chi connectivity index (χ1) is 11.5. The minimum atomic E-state index is -1.05. The van der Waals surface area contributed by atoms with Crippen LogP contribution in [0, 0.1) is 5.92 Å². The molecule has 1 aromatic carbocycles. The molecule has 0 fully saturated rings. The lowest BCUT2D eigenvalue weighted by atomic mass is 9.92. The van der Waals surface area contributed by atoms with E-state index in [1.165, 1.54) is 0 Å². The van der Waals surface area contributed by atoms with Gasteiger partial charge >= 0.3 is 5.97 Å². The van der Waals surface area contributed by atoms with Gasteiger partial charge in [0.05, 0.1) is 0 Å². The summed E-state index contributed by atoms with van der Waals surface area (Å²) in [5.41, 5.74) is 7.31.